The fourth-order valence-corrected chi connectivity index (χ4v) is 5.35. The standard InChI is InChI=1S/C26H26ClF5N2O6/c27-17-5-3-15(8-18(17)28)38-12-23(36)33-20-10-22(35)25(7-1-2-14(20)11-25)34-24(37)13-39-16-4-6-21(19(29)9-16)40-26(30,31)32/h3-6,8-9,14,20,22,35H,1-2,7,10-13H2,(H,33,36)(H,34,37)/t14?,20?,22-,25?/m0/s1. The van der Waals surface area contributed by atoms with Gasteiger partial charge in [0.2, 0.25) is 0 Å². The van der Waals surface area contributed by atoms with Crippen molar-refractivity contribution in [1.82, 2.24) is 10.6 Å². The minimum Gasteiger partial charge on any atom is -0.484 e. The Bertz CT molecular complexity index is 1250. The second kappa shape index (κ2) is 12.0. The lowest BCUT2D eigenvalue weighted by atomic mass is 9.63. The summed E-state index contributed by atoms with van der Waals surface area (Å²) in [7, 11) is 0. The molecule has 40 heavy (non-hydrogen) atoms. The molecule has 2 aliphatic rings. The number of alkyl halides is 3. The van der Waals surface area contributed by atoms with E-state index in [1.165, 1.54) is 12.1 Å². The largest absolute Gasteiger partial charge is 0.573 e. The molecule has 2 saturated carbocycles. The summed E-state index contributed by atoms with van der Waals surface area (Å²) in [5.74, 6) is -4.19. The predicted molar refractivity (Wildman–Crippen MR) is 131 cm³/mol. The van der Waals surface area contributed by atoms with Gasteiger partial charge in [0.1, 0.15) is 17.3 Å². The highest BCUT2D eigenvalue weighted by Crippen LogP contribution is 2.43. The summed E-state index contributed by atoms with van der Waals surface area (Å²) in [6.45, 7) is -0.940. The molecule has 3 N–H and O–H groups in total. The minimum atomic E-state index is -5.06. The topological polar surface area (TPSA) is 106 Å². The van der Waals surface area contributed by atoms with Crippen molar-refractivity contribution in [2.24, 2.45) is 5.92 Å². The number of halogens is 6. The van der Waals surface area contributed by atoms with Gasteiger partial charge in [-0.15, -0.1) is 13.2 Å². The summed E-state index contributed by atoms with van der Waals surface area (Å²) in [5.41, 5.74) is -0.961. The first-order valence-electron chi connectivity index (χ1n) is 12.4. The highest BCUT2D eigenvalue weighted by molar-refractivity contribution is 6.30. The third-order valence-electron chi connectivity index (χ3n) is 7.00. The fraction of sp³-hybridized carbons (Fsp3) is 0.462. The van der Waals surface area contributed by atoms with Crippen LogP contribution >= 0.6 is 11.6 Å². The van der Waals surface area contributed by atoms with Crippen LogP contribution < -0.4 is 24.8 Å². The van der Waals surface area contributed by atoms with Gasteiger partial charge in [-0.3, -0.25) is 9.59 Å². The minimum absolute atomic E-state index is 0.0504. The quantitative estimate of drug-likeness (QED) is 0.376. The Morgan fingerprint density at radius 2 is 1.68 bits per heavy atom. The number of rotatable bonds is 9. The predicted octanol–water partition coefficient (Wildman–Crippen LogP) is 4.27. The number of amides is 2. The van der Waals surface area contributed by atoms with E-state index in [4.69, 9.17) is 21.1 Å². The second-order valence-electron chi connectivity index (χ2n) is 9.78. The van der Waals surface area contributed by atoms with Crippen molar-refractivity contribution in [3.05, 3.63) is 53.1 Å². The van der Waals surface area contributed by atoms with Crippen LogP contribution in [0.1, 0.15) is 32.1 Å². The van der Waals surface area contributed by atoms with Gasteiger partial charge >= 0.3 is 6.36 Å². The molecule has 0 aliphatic heterocycles. The first-order valence-corrected chi connectivity index (χ1v) is 12.8. The van der Waals surface area contributed by atoms with E-state index in [0.717, 1.165) is 24.6 Å². The maximum atomic E-state index is 13.9. The zero-order valence-electron chi connectivity index (χ0n) is 20.9. The van der Waals surface area contributed by atoms with Gasteiger partial charge in [0.05, 0.1) is 16.7 Å². The molecule has 2 aromatic rings. The lowest BCUT2D eigenvalue weighted by molar-refractivity contribution is -0.275. The number of nitrogens with one attached hydrogen (secondary N) is 2. The molecule has 2 bridgehead atoms. The molecule has 2 aliphatic carbocycles. The van der Waals surface area contributed by atoms with Gasteiger partial charge < -0.3 is 30.0 Å². The molecule has 4 atom stereocenters. The number of carbonyl (C=O) groups is 2. The molecule has 3 unspecified atom stereocenters. The van der Waals surface area contributed by atoms with Crippen molar-refractivity contribution < 1.29 is 50.9 Å². The number of fused-ring (bicyclic) bond motifs is 2. The summed E-state index contributed by atoms with van der Waals surface area (Å²) < 4.78 is 78.5. The van der Waals surface area contributed by atoms with Crippen molar-refractivity contribution >= 4 is 23.4 Å². The molecule has 2 aromatic carbocycles. The van der Waals surface area contributed by atoms with Crippen LogP contribution in [-0.2, 0) is 9.59 Å². The van der Waals surface area contributed by atoms with Crippen LogP contribution in [0.15, 0.2) is 36.4 Å². The second-order valence-corrected chi connectivity index (χ2v) is 10.2. The number of hydrogen-bond acceptors (Lipinski definition) is 6. The Labute approximate surface area is 230 Å². The van der Waals surface area contributed by atoms with Crippen molar-refractivity contribution in [1.29, 1.82) is 0 Å². The number of aliphatic hydroxyl groups is 1. The smallest absolute Gasteiger partial charge is 0.484 e. The van der Waals surface area contributed by atoms with E-state index >= 15 is 0 Å². The molecule has 8 nitrogen and oxygen atoms in total. The van der Waals surface area contributed by atoms with Gasteiger partial charge in [-0.25, -0.2) is 8.78 Å². The highest BCUT2D eigenvalue weighted by atomic mass is 35.5. The van der Waals surface area contributed by atoms with E-state index in [9.17, 15) is 36.6 Å². The van der Waals surface area contributed by atoms with Crippen molar-refractivity contribution in [3.63, 3.8) is 0 Å². The zero-order chi connectivity index (χ0) is 29.1. The number of benzene rings is 2. The monoisotopic (exact) mass is 592 g/mol. The van der Waals surface area contributed by atoms with Crippen LogP contribution in [0.5, 0.6) is 17.2 Å². The van der Waals surface area contributed by atoms with E-state index in [1.807, 2.05) is 0 Å². The number of aliphatic hydroxyl groups excluding tert-OH is 1. The van der Waals surface area contributed by atoms with Crippen LogP contribution in [0.3, 0.4) is 0 Å². The summed E-state index contributed by atoms with van der Waals surface area (Å²) in [6, 6.07) is 5.86. The lowest BCUT2D eigenvalue weighted by Crippen LogP contribution is -2.66. The maximum Gasteiger partial charge on any atom is 0.573 e. The first-order chi connectivity index (χ1) is 18.8. The normalized spacial score (nSPS) is 24.1. The van der Waals surface area contributed by atoms with Gasteiger partial charge in [-0.2, -0.15) is 0 Å². The van der Waals surface area contributed by atoms with E-state index in [-0.39, 0.29) is 41.5 Å². The van der Waals surface area contributed by atoms with Crippen molar-refractivity contribution in [3.8, 4) is 17.2 Å². The molecular weight excluding hydrogens is 567 g/mol. The third-order valence-corrected chi connectivity index (χ3v) is 7.31. The summed E-state index contributed by atoms with van der Waals surface area (Å²) in [5, 5.41) is 16.5. The molecule has 14 heteroatoms. The molecule has 0 radical (unpaired) electrons. The molecule has 0 heterocycles. The van der Waals surface area contributed by atoms with Crippen molar-refractivity contribution in [2.45, 2.75) is 56.2 Å². The molecule has 2 amide bonds. The Kier molecular flexibility index (Phi) is 8.93. The number of ether oxygens (including phenoxy) is 3. The Balaban J connectivity index is 1.29. The van der Waals surface area contributed by atoms with Crippen LogP contribution in [0.4, 0.5) is 22.0 Å². The Morgan fingerprint density at radius 1 is 1.02 bits per heavy atom. The molecular formula is C26H26ClF5N2O6. The van der Waals surface area contributed by atoms with Crippen LogP contribution in [0.25, 0.3) is 0 Å². The van der Waals surface area contributed by atoms with Gasteiger partial charge in [0.25, 0.3) is 11.8 Å². The summed E-state index contributed by atoms with van der Waals surface area (Å²) in [6.07, 6.45) is -3.61. The molecule has 218 valence electrons. The average molecular weight is 593 g/mol. The zero-order valence-corrected chi connectivity index (χ0v) is 21.7. The van der Waals surface area contributed by atoms with Gasteiger partial charge in [-0.1, -0.05) is 18.0 Å². The highest BCUT2D eigenvalue weighted by Gasteiger charge is 2.50. The molecule has 0 aromatic heterocycles. The van der Waals surface area contributed by atoms with E-state index in [0.29, 0.717) is 25.3 Å². The summed E-state index contributed by atoms with van der Waals surface area (Å²) >= 11 is 5.64. The van der Waals surface area contributed by atoms with Crippen molar-refractivity contribution in [2.75, 3.05) is 13.2 Å². The first kappa shape index (κ1) is 29.7. The summed E-state index contributed by atoms with van der Waals surface area (Å²) in [4.78, 5) is 25.1. The number of carbonyl (C=O) groups excluding carboxylic acids is 2. The molecule has 0 spiro atoms. The van der Waals surface area contributed by atoms with E-state index in [2.05, 4.69) is 15.4 Å². The lowest BCUT2D eigenvalue weighted by Gasteiger charge is -2.51. The average Bonchev–Trinajstić information content (AvgIpc) is 2.88. The van der Waals surface area contributed by atoms with Gasteiger partial charge in [-0.05, 0) is 55.9 Å². The Morgan fingerprint density at radius 3 is 2.33 bits per heavy atom. The third kappa shape index (κ3) is 7.45. The van der Waals surface area contributed by atoms with E-state index < -0.39 is 53.8 Å². The fourth-order valence-electron chi connectivity index (χ4n) is 5.24. The van der Waals surface area contributed by atoms with E-state index in [1.54, 1.807) is 0 Å². The SMILES string of the molecule is O=C(COc1ccc(Cl)c(F)c1)NC1C[C@H](O)C2(NC(=O)COc3ccc(OC(F)(F)F)c(F)c3)CCCC1C2. The van der Waals surface area contributed by atoms with Gasteiger partial charge in [0, 0.05) is 18.2 Å². The van der Waals surface area contributed by atoms with Crippen LogP contribution in [0.2, 0.25) is 5.02 Å². The molecule has 2 fully saturated rings. The Hall–Kier alpha value is -3.32. The van der Waals surface area contributed by atoms with Crippen LogP contribution in [0, 0.1) is 17.6 Å². The molecule has 4 rings (SSSR count). The number of hydrogen-bond donors (Lipinski definition) is 3. The van der Waals surface area contributed by atoms with Crippen LogP contribution in [-0.4, -0.2) is 54.2 Å². The molecule has 0 saturated heterocycles. The van der Waals surface area contributed by atoms with Gasteiger partial charge in [0.15, 0.2) is 24.8 Å². The maximum absolute atomic E-state index is 13.9.